The molecule has 0 aromatic carbocycles. The number of nitrogens with one attached hydrogen (secondary N) is 1. The molecule has 7 heteroatoms. The van der Waals surface area contributed by atoms with E-state index in [1.165, 1.54) is 6.92 Å². The Hall–Kier alpha value is -1.79. The number of hydrogen-bond acceptors (Lipinski definition) is 3. The van der Waals surface area contributed by atoms with E-state index in [-0.39, 0.29) is 5.82 Å². The SMILES string of the molecule is CC(Nc1ccc(C(F)(F)F)cn1)C(=O)O. The van der Waals surface area contributed by atoms with Crippen molar-refractivity contribution in [3.8, 4) is 0 Å². The van der Waals surface area contributed by atoms with Crippen molar-refractivity contribution in [3.63, 3.8) is 0 Å². The number of aliphatic carboxylic acids is 1. The van der Waals surface area contributed by atoms with Crippen LogP contribution in [0.5, 0.6) is 0 Å². The van der Waals surface area contributed by atoms with E-state index in [1.54, 1.807) is 0 Å². The van der Waals surface area contributed by atoms with Crippen LogP contribution in [0, 0.1) is 0 Å². The summed E-state index contributed by atoms with van der Waals surface area (Å²) in [5, 5.41) is 11.0. The molecule has 1 aromatic rings. The zero-order valence-corrected chi connectivity index (χ0v) is 8.25. The van der Waals surface area contributed by atoms with E-state index in [9.17, 15) is 18.0 Å². The molecule has 0 aliphatic heterocycles. The molecule has 0 saturated carbocycles. The summed E-state index contributed by atoms with van der Waals surface area (Å²) in [5.41, 5.74) is -0.874. The molecule has 1 rings (SSSR count). The summed E-state index contributed by atoms with van der Waals surface area (Å²) in [4.78, 5) is 13.9. The van der Waals surface area contributed by atoms with Crippen molar-refractivity contribution in [1.29, 1.82) is 0 Å². The topological polar surface area (TPSA) is 62.2 Å². The first-order chi connectivity index (χ1) is 7.30. The average Bonchev–Trinajstić information content (AvgIpc) is 2.17. The van der Waals surface area contributed by atoms with E-state index in [1.807, 2.05) is 0 Å². The normalized spacial score (nSPS) is 13.2. The van der Waals surface area contributed by atoms with Crippen molar-refractivity contribution >= 4 is 11.8 Å². The van der Waals surface area contributed by atoms with Crippen molar-refractivity contribution in [2.24, 2.45) is 0 Å². The highest BCUT2D eigenvalue weighted by atomic mass is 19.4. The molecule has 0 bridgehead atoms. The molecule has 1 heterocycles. The van der Waals surface area contributed by atoms with Crippen LogP contribution in [0.15, 0.2) is 18.3 Å². The van der Waals surface area contributed by atoms with Crippen molar-refractivity contribution < 1.29 is 23.1 Å². The summed E-state index contributed by atoms with van der Waals surface area (Å²) in [6.45, 7) is 1.36. The minimum atomic E-state index is -4.44. The standard InChI is InChI=1S/C9H9F3N2O2/c1-5(8(15)16)14-7-3-2-6(4-13-7)9(10,11)12/h2-5H,1H3,(H,13,14)(H,15,16). The number of aromatic nitrogens is 1. The first kappa shape index (κ1) is 12.3. The van der Waals surface area contributed by atoms with Gasteiger partial charge in [0.05, 0.1) is 5.56 Å². The van der Waals surface area contributed by atoms with E-state index in [2.05, 4.69) is 10.3 Å². The van der Waals surface area contributed by atoms with Crippen LogP contribution in [-0.4, -0.2) is 22.1 Å². The third-order valence-electron chi connectivity index (χ3n) is 1.83. The van der Waals surface area contributed by atoms with Gasteiger partial charge in [-0.2, -0.15) is 13.2 Å². The summed E-state index contributed by atoms with van der Waals surface area (Å²) in [7, 11) is 0. The molecule has 0 radical (unpaired) electrons. The number of alkyl halides is 3. The Morgan fingerprint density at radius 1 is 1.50 bits per heavy atom. The van der Waals surface area contributed by atoms with Crippen LogP contribution in [-0.2, 0) is 11.0 Å². The van der Waals surface area contributed by atoms with Crippen molar-refractivity contribution in [3.05, 3.63) is 23.9 Å². The molecule has 88 valence electrons. The van der Waals surface area contributed by atoms with Gasteiger partial charge in [-0.25, -0.2) is 4.98 Å². The molecular weight excluding hydrogens is 225 g/mol. The quantitative estimate of drug-likeness (QED) is 0.839. The molecule has 0 fully saturated rings. The fourth-order valence-corrected chi connectivity index (χ4v) is 0.930. The Bertz CT molecular complexity index is 375. The second-order valence-corrected chi connectivity index (χ2v) is 3.13. The number of rotatable bonds is 3. The second kappa shape index (κ2) is 4.38. The van der Waals surface area contributed by atoms with Gasteiger partial charge in [0.2, 0.25) is 0 Å². The van der Waals surface area contributed by atoms with Crippen LogP contribution in [0.3, 0.4) is 0 Å². The molecule has 0 aliphatic rings. The van der Waals surface area contributed by atoms with Gasteiger partial charge in [0.15, 0.2) is 0 Å². The number of pyridine rings is 1. The number of anilines is 1. The molecule has 0 aliphatic carbocycles. The summed E-state index contributed by atoms with van der Waals surface area (Å²) < 4.78 is 36.5. The Kier molecular flexibility index (Phi) is 3.36. The number of hydrogen-bond donors (Lipinski definition) is 2. The van der Waals surface area contributed by atoms with Crippen molar-refractivity contribution in [2.75, 3.05) is 5.32 Å². The van der Waals surface area contributed by atoms with Crippen molar-refractivity contribution in [1.82, 2.24) is 4.98 Å². The number of carboxylic acid groups (broad SMARTS) is 1. The maximum Gasteiger partial charge on any atom is 0.417 e. The number of halogens is 3. The highest BCUT2D eigenvalue weighted by Gasteiger charge is 2.30. The van der Waals surface area contributed by atoms with E-state index >= 15 is 0 Å². The zero-order valence-electron chi connectivity index (χ0n) is 8.25. The van der Waals surface area contributed by atoms with Gasteiger partial charge in [-0.15, -0.1) is 0 Å². The monoisotopic (exact) mass is 234 g/mol. The lowest BCUT2D eigenvalue weighted by Crippen LogP contribution is -2.25. The highest BCUT2D eigenvalue weighted by molar-refractivity contribution is 5.76. The Morgan fingerprint density at radius 2 is 2.12 bits per heavy atom. The van der Waals surface area contributed by atoms with Gasteiger partial charge in [-0.3, -0.25) is 4.79 Å². The third kappa shape index (κ3) is 3.11. The largest absolute Gasteiger partial charge is 0.480 e. The predicted octanol–water partition coefficient (Wildman–Crippen LogP) is 1.99. The minimum absolute atomic E-state index is 0.0860. The molecule has 1 unspecified atom stereocenters. The lowest BCUT2D eigenvalue weighted by molar-refractivity contribution is -0.138. The predicted molar refractivity (Wildman–Crippen MR) is 50.0 cm³/mol. The third-order valence-corrected chi connectivity index (χ3v) is 1.83. The molecule has 0 saturated heterocycles. The molecule has 0 amide bonds. The average molecular weight is 234 g/mol. The second-order valence-electron chi connectivity index (χ2n) is 3.13. The zero-order chi connectivity index (χ0) is 12.3. The molecule has 16 heavy (non-hydrogen) atoms. The number of carbonyl (C=O) groups is 1. The van der Waals surface area contributed by atoms with E-state index in [4.69, 9.17) is 5.11 Å². The maximum atomic E-state index is 12.2. The first-order valence-corrected chi connectivity index (χ1v) is 4.33. The number of nitrogens with zero attached hydrogens (tertiary/aromatic N) is 1. The Balaban J connectivity index is 2.76. The summed E-state index contributed by atoms with van der Waals surface area (Å²) in [5.74, 6) is -1.02. The van der Waals surface area contributed by atoms with E-state index in [0.717, 1.165) is 12.1 Å². The van der Waals surface area contributed by atoms with Gasteiger partial charge in [0.25, 0.3) is 0 Å². The van der Waals surface area contributed by atoms with E-state index < -0.39 is 23.8 Å². The molecule has 0 spiro atoms. The lowest BCUT2D eigenvalue weighted by Gasteiger charge is -2.11. The van der Waals surface area contributed by atoms with Crippen LogP contribution >= 0.6 is 0 Å². The van der Waals surface area contributed by atoms with Crippen LogP contribution in [0.2, 0.25) is 0 Å². The highest BCUT2D eigenvalue weighted by Crippen LogP contribution is 2.28. The fourth-order valence-electron chi connectivity index (χ4n) is 0.930. The summed E-state index contributed by atoms with van der Waals surface area (Å²) in [6.07, 6.45) is -3.79. The minimum Gasteiger partial charge on any atom is -0.480 e. The molecule has 2 N–H and O–H groups in total. The van der Waals surface area contributed by atoms with Gasteiger partial charge in [-0.05, 0) is 19.1 Å². The van der Waals surface area contributed by atoms with E-state index in [0.29, 0.717) is 6.20 Å². The summed E-state index contributed by atoms with van der Waals surface area (Å²) in [6, 6.07) is 1.01. The Morgan fingerprint density at radius 3 is 2.50 bits per heavy atom. The lowest BCUT2D eigenvalue weighted by atomic mass is 10.2. The van der Waals surface area contributed by atoms with Gasteiger partial charge in [0.1, 0.15) is 11.9 Å². The molecule has 4 nitrogen and oxygen atoms in total. The van der Waals surface area contributed by atoms with Gasteiger partial charge in [-0.1, -0.05) is 0 Å². The van der Waals surface area contributed by atoms with Crippen LogP contribution in [0.25, 0.3) is 0 Å². The van der Waals surface area contributed by atoms with Crippen LogP contribution in [0.4, 0.5) is 19.0 Å². The smallest absolute Gasteiger partial charge is 0.417 e. The van der Waals surface area contributed by atoms with Gasteiger partial charge >= 0.3 is 12.1 Å². The fraction of sp³-hybridized carbons (Fsp3) is 0.333. The van der Waals surface area contributed by atoms with Crippen LogP contribution in [0.1, 0.15) is 12.5 Å². The Labute approximate surface area is 89.1 Å². The van der Waals surface area contributed by atoms with Crippen LogP contribution < -0.4 is 5.32 Å². The maximum absolute atomic E-state index is 12.2. The summed E-state index contributed by atoms with van der Waals surface area (Å²) >= 11 is 0. The molecule has 1 atom stereocenters. The molecular formula is C9H9F3N2O2. The van der Waals surface area contributed by atoms with Gasteiger partial charge < -0.3 is 10.4 Å². The van der Waals surface area contributed by atoms with Gasteiger partial charge in [0, 0.05) is 6.20 Å². The first-order valence-electron chi connectivity index (χ1n) is 4.33. The molecule has 1 aromatic heterocycles. The van der Waals surface area contributed by atoms with Crippen molar-refractivity contribution in [2.45, 2.75) is 19.1 Å². The number of carboxylic acids is 1.